The van der Waals surface area contributed by atoms with E-state index >= 15 is 0 Å². The Bertz CT molecular complexity index is 2500. The van der Waals surface area contributed by atoms with Crippen molar-refractivity contribution in [2.45, 2.75) is 94.4 Å². The fraction of sp³-hybridized carbons (Fsp3) is 0.383. The van der Waals surface area contributed by atoms with Crippen molar-refractivity contribution in [1.82, 2.24) is 51.2 Å². The lowest BCUT2D eigenvalue weighted by molar-refractivity contribution is -0.144. The van der Waals surface area contributed by atoms with E-state index in [4.69, 9.17) is 17.2 Å². The van der Waals surface area contributed by atoms with Crippen LogP contribution >= 0.6 is 0 Å². The summed E-state index contributed by atoms with van der Waals surface area (Å²) in [5, 5.41) is 14.7. The van der Waals surface area contributed by atoms with Crippen molar-refractivity contribution in [3.05, 3.63) is 119 Å². The second kappa shape index (κ2) is 22.1. The van der Waals surface area contributed by atoms with Crippen LogP contribution in [-0.4, -0.2) is 115 Å². The smallest absolute Gasteiger partial charge is 0.336 e. The molecule has 66 heavy (non-hydrogen) atoms. The average molecular weight is 902 g/mol. The SMILES string of the molecule is NCCCC[C@H](NC(=O)[C@@H](Cc1ccccc1)NC(=O)[C@H](Cc1c[nH]c2ccccc12)NC(=O)N1CCCN1C(=O)C(Cc1c[nH]c2c1CCC=C2)NC(=O)[C@@H](N)Cc1cnc[nH]1)C(N)=O. The van der Waals surface area contributed by atoms with E-state index in [9.17, 15) is 28.8 Å². The molecule has 0 spiro atoms. The lowest BCUT2D eigenvalue weighted by Gasteiger charge is -2.33. The number of benzene rings is 2. The number of primary amides is 1. The number of urea groups is 1. The van der Waals surface area contributed by atoms with Crippen molar-refractivity contribution < 1.29 is 28.8 Å². The number of aromatic amines is 3. The van der Waals surface area contributed by atoms with E-state index in [1.807, 2.05) is 66.9 Å². The number of para-hydroxylation sites is 1. The predicted octanol–water partition coefficient (Wildman–Crippen LogP) is 1.37. The molecule has 1 fully saturated rings. The molecule has 0 radical (unpaired) electrons. The number of imidazole rings is 1. The van der Waals surface area contributed by atoms with Crippen molar-refractivity contribution in [3.8, 4) is 0 Å². The number of H-pyrrole nitrogens is 3. The molecule has 13 N–H and O–H groups in total. The van der Waals surface area contributed by atoms with E-state index in [0.717, 1.165) is 51.7 Å². The molecule has 7 rings (SSSR count). The molecule has 2 aliphatic rings. The first-order valence-corrected chi connectivity index (χ1v) is 22.5. The topological polar surface area (TPSA) is 295 Å². The first-order valence-electron chi connectivity index (χ1n) is 22.5. The Labute approximate surface area is 382 Å². The summed E-state index contributed by atoms with van der Waals surface area (Å²) in [7, 11) is 0. The highest BCUT2D eigenvalue weighted by atomic mass is 16.2. The number of rotatable bonds is 21. The van der Waals surface area contributed by atoms with Crippen LogP contribution in [0.2, 0.25) is 0 Å². The van der Waals surface area contributed by atoms with E-state index in [1.165, 1.54) is 16.3 Å². The second-order valence-electron chi connectivity index (χ2n) is 16.8. The Morgan fingerprint density at radius 2 is 1.42 bits per heavy atom. The first kappa shape index (κ1) is 46.7. The number of hydrazine groups is 1. The van der Waals surface area contributed by atoms with Gasteiger partial charge < -0.3 is 53.4 Å². The zero-order chi connectivity index (χ0) is 46.6. The number of nitrogens with zero attached hydrogens (tertiary/aromatic N) is 3. The number of unbranched alkanes of at least 4 members (excludes halogenated alkanes) is 1. The normalized spacial score (nSPS) is 15.6. The van der Waals surface area contributed by atoms with Gasteiger partial charge in [0.2, 0.25) is 23.6 Å². The number of carbonyl (C=O) groups is 6. The van der Waals surface area contributed by atoms with Gasteiger partial charge in [0.1, 0.15) is 24.2 Å². The van der Waals surface area contributed by atoms with Crippen LogP contribution in [-0.2, 0) is 56.1 Å². The summed E-state index contributed by atoms with van der Waals surface area (Å²) in [6.07, 6.45) is 14.5. The van der Waals surface area contributed by atoms with Crippen molar-refractivity contribution in [2.75, 3.05) is 19.6 Å². The molecule has 7 amide bonds. The first-order chi connectivity index (χ1) is 32.0. The van der Waals surface area contributed by atoms with Crippen LogP contribution < -0.4 is 38.5 Å². The minimum absolute atomic E-state index is 0.00595. The molecule has 1 saturated heterocycles. The molecule has 3 aromatic heterocycles. The predicted molar refractivity (Wildman–Crippen MR) is 248 cm³/mol. The molecule has 0 bridgehead atoms. The molecule has 5 atom stereocenters. The maximum atomic E-state index is 14.7. The van der Waals surface area contributed by atoms with Gasteiger partial charge in [0.05, 0.1) is 12.4 Å². The molecule has 1 aliphatic heterocycles. The third-order valence-corrected chi connectivity index (χ3v) is 12.1. The van der Waals surface area contributed by atoms with Crippen molar-refractivity contribution in [2.24, 2.45) is 17.2 Å². The molecular weight excluding hydrogens is 843 g/mol. The number of amides is 7. The minimum atomic E-state index is -1.26. The van der Waals surface area contributed by atoms with E-state index in [-0.39, 0.29) is 45.2 Å². The number of nitrogens with one attached hydrogen (secondary N) is 7. The van der Waals surface area contributed by atoms with Crippen LogP contribution in [0.4, 0.5) is 4.79 Å². The number of allylic oxidation sites excluding steroid dienone is 1. The monoisotopic (exact) mass is 901 g/mol. The molecule has 19 nitrogen and oxygen atoms in total. The van der Waals surface area contributed by atoms with Gasteiger partial charge in [0, 0.05) is 79.7 Å². The van der Waals surface area contributed by atoms with Gasteiger partial charge in [0.25, 0.3) is 5.91 Å². The van der Waals surface area contributed by atoms with Gasteiger partial charge >= 0.3 is 6.03 Å². The Morgan fingerprint density at radius 3 is 2.18 bits per heavy atom. The largest absolute Gasteiger partial charge is 0.368 e. The van der Waals surface area contributed by atoms with E-state index in [2.05, 4.69) is 47.3 Å². The Hall–Kier alpha value is -7.25. The van der Waals surface area contributed by atoms with Gasteiger partial charge in [-0.1, -0.05) is 54.6 Å². The fourth-order valence-corrected chi connectivity index (χ4v) is 8.56. The molecule has 0 saturated carbocycles. The summed E-state index contributed by atoms with van der Waals surface area (Å²) < 4.78 is 0. The van der Waals surface area contributed by atoms with Gasteiger partial charge in [-0.05, 0) is 79.5 Å². The minimum Gasteiger partial charge on any atom is -0.368 e. The van der Waals surface area contributed by atoms with Gasteiger partial charge in [0.15, 0.2) is 0 Å². The van der Waals surface area contributed by atoms with Crippen LogP contribution in [0.15, 0.2) is 85.6 Å². The second-order valence-corrected chi connectivity index (χ2v) is 16.8. The summed E-state index contributed by atoms with van der Waals surface area (Å²) >= 11 is 0. The van der Waals surface area contributed by atoms with Crippen molar-refractivity contribution in [1.29, 1.82) is 0 Å². The maximum absolute atomic E-state index is 14.7. The Morgan fingerprint density at radius 1 is 0.727 bits per heavy atom. The average Bonchev–Trinajstić information content (AvgIpc) is 4.17. The maximum Gasteiger partial charge on any atom is 0.336 e. The highest BCUT2D eigenvalue weighted by Crippen LogP contribution is 2.25. The van der Waals surface area contributed by atoms with Gasteiger partial charge in [-0.2, -0.15) is 0 Å². The van der Waals surface area contributed by atoms with E-state index in [1.54, 1.807) is 12.4 Å². The lowest BCUT2D eigenvalue weighted by Crippen LogP contribution is -2.61. The van der Waals surface area contributed by atoms with Crippen LogP contribution in [0.1, 0.15) is 65.7 Å². The number of hydrogen-bond acceptors (Lipinski definition) is 9. The Kier molecular flexibility index (Phi) is 15.6. The van der Waals surface area contributed by atoms with Gasteiger partial charge in [-0.25, -0.2) is 19.8 Å². The molecule has 4 heterocycles. The Balaban J connectivity index is 1.13. The highest BCUT2D eigenvalue weighted by molar-refractivity contribution is 5.96. The molecular formula is C47H59N13O6. The summed E-state index contributed by atoms with van der Waals surface area (Å²) in [5.74, 6) is -3.11. The van der Waals surface area contributed by atoms with Gasteiger partial charge in [-0.15, -0.1) is 0 Å². The zero-order valence-corrected chi connectivity index (χ0v) is 36.8. The van der Waals surface area contributed by atoms with Crippen molar-refractivity contribution in [3.63, 3.8) is 0 Å². The van der Waals surface area contributed by atoms with E-state index in [0.29, 0.717) is 31.5 Å². The third kappa shape index (κ3) is 11.7. The molecule has 1 unspecified atom stereocenters. The standard InChI is InChI=1S/C47H59N13O6/c48-18-9-8-17-38(42(50)61)55-44(63)39(21-29-11-2-1-3-12-29)56-45(64)40(22-30-25-52-36-15-6-4-13-33(30)36)58-47(66)60-20-10-19-59(60)46(65)41(23-31-26-53-37-16-7-5-14-34(31)37)57-43(62)35(49)24-32-27-51-28-54-32/h1-4,6-7,11-13,15-16,25-28,35,38-41,52-53H,5,8-10,14,17-24,48-49H2,(H2,50,61)(H,51,54)(H,55,63)(H,56,64)(H,57,62)(H,58,66)/t35-,38-,39+,40-,41?/m0/s1. The molecule has 1 aliphatic carbocycles. The highest BCUT2D eigenvalue weighted by Gasteiger charge is 2.39. The fourth-order valence-electron chi connectivity index (χ4n) is 8.56. The molecule has 19 heteroatoms. The summed E-state index contributed by atoms with van der Waals surface area (Å²) in [6, 6.07) is 10.3. The molecule has 2 aromatic carbocycles. The van der Waals surface area contributed by atoms with E-state index < -0.39 is 65.8 Å². The van der Waals surface area contributed by atoms with Crippen LogP contribution in [0.5, 0.6) is 0 Å². The van der Waals surface area contributed by atoms with Crippen LogP contribution in [0.25, 0.3) is 17.0 Å². The summed E-state index contributed by atoms with van der Waals surface area (Å²) in [6.45, 7) is 0.712. The molecule has 348 valence electrons. The van der Waals surface area contributed by atoms with Crippen molar-refractivity contribution >= 4 is 52.5 Å². The number of fused-ring (bicyclic) bond motifs is 2. The summed E-state index contributed by atoms with van der Waals surface area (Å²) in [5.41, 5.74) is 23.4. The quantitative estimate of drug-likeness (QED) is 0.0475. The molecule has 5 aromatic rings. The van der Waals surface area contributed by atoms with Gasteiger partial charge in [-0.3, -0.25) is 24.0 Å². The van der Waals surface area contributed by atoms with Crippen LogP contribution in [0.3, 0.4) is 0 Å². The number of nitrogens with two attached hydrogens (primary N) is 3. The number of carbonyl (C=O) groups excluding carboxylic acids is 6. The van der Waals surface area contributed by atoms with Crippen LogP contribution in [0, 0.1) is 0 Å². The summed E-state index contributed by atoms with van der Waals surface area (Å²) in [4.78, 5) is 97.4. The lowest BCUT2D eigenvalue weighted by atomic mass is 9.96. The number of aromatic nitrogens is 4. The zero-order valence-electron chi connectivity index (χ0n) is 36.8. The number of hydrogen-bond donors (Lipinski definition) is 10. The third-order valence-electron chi connectivity index (χ3n) is 12.1.